The lowest BCUT2D eigenvalue weighted by atomic mass is 10.2. The van der Waals surface area contributed by atoms with Crippen LogP contribution in [0, 0.1) is 12.7 Å². The fraction of sp³-hybridized carbons (Fsp3) is 0.278. The molecule has 27 heavy (non-hydrogen) atoms. The van der Waals surface area contributed by atoms with E-state index in [1.54, 1.807) is 18.2 Å². The molecule has 2 rings (SSSR count). The van der Waals surface area contributed by atoms with Crippen molar-refractivity contribution in [3.8, 4) is 0 Å². The second-order valence-electron chi connectivity index (χ2n) is 5.84. The maximum Gasteiger partial charge on any atom is 0.244 e. The van der Waals surface area contributed by atoms with Crippen LogP contribution in [0.4, 0.5) is 10.1 Å². The van der Waals surface area contributed by atoms with Gasteiger partial charge in [0, 0.05) is 10.2 Å². The minimum absolute atomic E-state index is 0.274. The van der Waals surface area contributed by atoms with E-state index in [9.17, 15) is 17.6 Å². The van der Waals surface area contributed by atoms with Gasteiger partial charge in [-0.15, -0.1) is 0 Å². The summed E-state index contributed by atoms with van der Waals surface area (Å²) in [5.41, 5.74) is 1.49. The number of nitrogens with one attached hydrogen (secondary N) is 2. The Morgan fingerprint density at radius 1 is 1.26 bits per heavy atom. The van der Waals surface area contributed by atoms with Gasteiger partial charge in [0.15, 0.2) is 0 Å². The number of hydrogen-bond acceptors (Lipinski definition) is 4. The molecule has 9 heteroatoms. The molecule has 146 valence electrons. The number of aryl methyl sites for hydroxylation is 1. The highest BCUT2D eigenvalue weighted by molar-refractivity contribution is 9.10. The molecule has 0 fully saturated rings. The van der Waals surface area contributed by atoms with Gasteiger partial charge in [-0.05, 0) is 61.2 Å². The zero-order chi connectivity index (χ0) is 20.0. The van der Waals surface area contributed by atoms with Crippen LogP contribution in [0.3, 0.4) is 0 Å². The topological polar surface area (TPSA) is 75.3 Å². The second-order valence-corrected chi connectivity index (χ2v) is 9.36. The summed E-state index contributed by atoms with van der Waals surface area (Å²) in [6.07, 6.45) is 2.13. The molecule has 0 bridgehead atoms. The average molecular weight is 475 g/mol. The van der Waals surface area contributed by atoms with E-state index in [2.05, 4.69) is 26.0 Å². The second kappa shape index (κ2) is 9.68. The maximum atomic E-state index is 13.9. The van der Waals surface area contributed by atoms with Crippen molar-refractivity contribution in [1.82, 2.24) is 4.72 Å². The largest absolute Gasteiger partial charge is 0.325 e. The van der Waals surface area contributed by atoms with Crippen LogP contribution < -0.4 is 10.0 Å². The smallest absolute Gasteiger partial charge is 0.244 e. The molecule has 0 radical (unpaired) electrons. The third-order valence-corrected chi connectivity index (χ3v) is 6.81. The number of benzene rings is 2. The number of amides is 1. The van der Waals surface area contributed by atoms with Gasteiger partial charge in [0.2, 0.25) is 15.9 Å². The number of sulfonamides is 1. The van der Waals surface area contributed by atoms with Gasteiger partial charge in [0.05, 0.1) is 0 Å². The van der Waals surface area contributed by atoms with Gasteiger partial charge in [0.1, 0.15) is 16.8 Å². The summed E-state index contributed by atoms with van der Waals surface area (Å²) in [5, 5.41) is 2.72. The summed E-state index contributed by atoms with van der Waals surface area (Å²) in [6.45, 7) is 1.88. The Bertz CT molecular complexity index is 923. The van der Waals surface area contributed by atoms with E-state index in [-0.39, 0.29) is 6.42 Å². The van der Waals surface area contributed by atoms with E-state index in [0.29, 0.717) is 11.4 Å². The normalized spacial score (nSPS) is 12.6. The van der Waals surface area contributed by atoms with Crippen molar-refractivity contribution in [3.05, 3.63) is 58.3 Å². The summed E-state index contributed by atoms with van der Waals surface area (Å²) in [5.74, 6) is -0.791. The summed E-state index contributed by atoms with van der Waals surface area (Å²) in [7, 11) is -4.18. The zero-order valence-electron chi connectivity index (χ0n) is 14.8. The number of rotatable bonds is 8. The lowest BCUT2D eigenvalue weighted by molar-refractivity contribution is -0.117. The molecule has 5 nitrogen and oxygen atoms in total. The molecule has 1 atom stereocenters. The van der Waals surface area contributed by atoms with Gasteiger partial charge in [-0.3, -0.25) is 4.79 Å². The summed E-state index contributed by atoms with van der Waals surface area (Å²) >= 11 is 4.88. The van der Waals surface area contributed by atoms with Crippen LogP contribution in [0.2, 0.25) is 0 Å². The SMILES string of the molecule is CSCC[C@@H](NS(=O)(=O)c1ccccc1F)C(=O)Nc1ccc(Br)c(C)c1. The minimum atomic E-state index is -4.18. The molecule has 0 aliphatic rings. The van der Waals surface area contributed by atoms with Gasteiger partial charge in [-0.1, -0.05) is 28.1 Å². The summed E-state index contributed by atoms with van der Waals surface area (Å²) in [4.78, 5) is 12.2. The molecule has 0 saturated carbocycles. The average Bonchev–Trinajstić information content (AvgIpc) is 2.61. The molecule has 0 saturated heterocycles. The molecule has 0 aliphatic carbocycles. The highest BCUT2D eigenvalue weighted by atomic mass is 79.9. The van der Waals surface area contributed by atoms with Gasteiger partial charge < -0.3 is 5.32 Å². The van der Waals surface area contributed by atoms with Crippen molar-refractivity contribution in [2.45, 2.75) is 24.3 Å². The minimum Gasteiger partial charge on any atom is -0.325 e. The first-order valence-electron chi connectivity index (χ1n) is 8.07. The Morgan fingerprint density at radius 2 is 1.96 bits per heavy atom. The molecule has 0 aliphatic heterocycles. The van der Waals surface area contributed by atoms with Crippen molar-refractivity contribution < 1.29 is 17.6 Å². The fourth-order valence-electron chi connectivity index (χ4n) is 2.34. The van der Waals surface area contributed by atoms with Crippen molar-refractivity contribution in [2.75, 3.05) is 17.3 Å². The number of halogens is 2. The molecule has 0 unspecified atom stereocenters. The monoisotopic (exact) mass is 474 g/mol. The van der Waals surface area contributed by atoms with Crippen LogP contribution >= 0.6 is 27.7 Å². The Labute approximate surface area is 171 Å². The van der Waals surface area contributed by atoms with Crippen LogP contribution in [0.25, 0.3) is 0 Å². The van der Waals surface area contributed by atoms with Crippen molar-refractivity contribution in [3.63, 3.8) is 0 Å². The molecule has 2 aromatic rings. The fourth-order valence-corrected chi connectivity index (χ4v) is 4.37. The maximum absolute atomic E-state index is 13.9. The third kappa shape index (κ3) is 6.03. The molecular weight excluding hydrogens is 455 g/mol. The molecule has 0 aromatic heterocycles. The summed E-state index contributed by atoms with van der Waals surface area (Å²) < 4.78 is 42.2. The number of carbonyl (C=O) groups excluding carboxylic acids is 1. The first-order valence-corrected chi connectivity index (χ1v) is 11.7. The van der Waals surface area contributed by atoms with E-state index in [1.165, 1.54) is 30.0 Å². The highest BCUT2D eigenvalue weighted by Crippen LogP contribution is 2.21. The molecule has 2 aromatic carbocycles. The van der Waals surface area contributed by atoms with E-state index >= 15 is 0 Å². The molecular formula is C18H20BrFN2O3S2. The lowest BCUT2D eigenvalue weighted by Gasteiger charge is -2.19. The van der Waals surface area contributed by atoms with Crippen LogP contribution in [0.5, 0.6) is 0 Å². The van der Waals surface area contributed by atoms with Crippen LogP contribution in [-0.2, 0) is 14.8 Å². The van der Waals surface area contributed by atoms with Crippen molar-refractivity contribution in [1.29, 1.82) is 0 Å². The van der Waals surface area contributed by atoms with E-state index in [4.69, 9.17) is 0 Å². The van der Waals surface area contributed by atoms with Gasteiger partial charge >= 0.3 is 0 Å². The number of thioether (sulfide) groups is 1. The molecule has 0 heterocycles. The van der Waals surface area contributed by atoms with Gasteiger partial charge in [-0.2, -0.15) is 16.5 Å². The van der Waals surface area contributed by atoms with E-state index < -0.39 is 32.7 Å². The van der Waals surface area contributed by atoms with Crippen molar-refractivity contribution in [2.24, 2.45) is 0 Å². The number of anilines is 1. The Morgan fingerprint density at radius 3 is 2.59 bits per heavy atom. The number of hydrogen-bond donors (Lipinski definition) is 2. The molecule has 1 amide bonds. The van der Waals surface area contributed by atoms with Crippen LogP contribution in [-0.4, -0.2) is 32.4 Å². The first-order chi connectivity index (χ1) is 12.7. The summed E-state index contributed by atoms with van der Waals surface area (Å²) in [6, 6.07) is 9.33. The standard InChI is InChI=1S/C18H20BrFN2O3S2/c1-12-11-13(7-8-14(12)19)21-18(23)16(9-10-26-2)22-27(24,25)17-6-4-3-5-15(17)20/h3-8,11,16,22H,9-10H2,1-2H3,(H,21,23)/t16-/m1/s1. The predicted octanol–water partition coefficient (Wildman–Crippen LogP) is 3.94. The van der Waals surface area contributed by atoms with E-state index in [0.717, 1.165) is 16.1 Å². The quantitative estimate of drug-likeness (QED) is 0.607. The first kappa shape index (κ1) is 21.9. The highest BCUT2D eigenvalue weighted by Gasteiger charge is 2.27. The Balaban J connectivity index is 2.22. The predicted molar refractivity (Wildman–Crippen MR) is 111 cm³/mol. The van der Waals surface area contributed by atoms with Gasteiger partial charge in [-0.25, -0.2) is 12.8 Å². The van der Waals surface area contributed by atoms with Gasteiger partial charge in [0.25, 0.3) is 0 Å². The molecule has 2 N–H and O–H groups in total. The molecule has 0 spiro atoms. The zero-order valence-corrected chi connectivity index (χ0v) is 18.0. The van der Waals surface area contributed by atoms with Crippen LogP contribution in [0.1, 0.15) is 12.0 Å². The lowest BCUT2D eigenvalue weighted by Crippen LogP contribution is -2.44. The Hall–Kier alpha value is -1.42. The van der Waals surface area contributed by atoms with Crippen LogP contribution in [0.15, 0.2) is 51.8 Å². The van der Waals surface area contributed by atoms with Crippen molar-refractivity contribution >= 4 is 49.3 Å². The third-order valence-electron chi connectivity index (χ3n) is 3.78. The Kier molecular flexibility index (Phi) is 7.84. The van der Waals surface area contributed by atoms with E-state index in [1.807, 2.05) is 13.2 Å². The number of carbonyl (C=O) groups is 1.